The minimum atomic E-state index is -0.921. The van der Waals surface area contributed by atoms with Gasteiger partial charge in [0, 0.05) is 4.90 Å². The number of benzene rings is 1. The Kier molecular flexibility index (Phi) is 3.55. The van der Waals surface area contributed by atoms with E-state index in [-0.39, 0.29) is 0 Å². The summed E-state index contributed by atoms with van der Waals surface area (Å²) >= 11 is 1.04. The lowest BCUT2D eigenvalue weighted by Crippen LogP contribution is -2.01. The smallest absolute Gasteiger partial charge is 0.335 e. The molecule has 4 heteroatoms. The van der Waals surface area contributed by atoms with Crippen LogP contribution in [0.3, 0.4) is 0 Å². The van der Waals surface area contributed by atoms with Gasteiger partial charge in [-0.15, -0.1) is 0 Å². The van der Waals surface area contributed by atoms with Gasteiger partial charge in [0.25, 0.3) is 0 Å². The Hall–Kier alpha value is -1.47. The molecular formula is C10H9NO2S. The molecule has 0 saturated heterocycles. The van der Waals surface area contributed by atoms with Crippen LogP contribution in [0.5, 0.6) is 0 Å². The van der Waals surface area contributed by atoms with Crippen LogP contribution < -0.4 is 0 Å². The summed E-state index contributed by atoms with van der Waals surface area (Å²) in [7, 11) is 0. The number of aromatic carboxylic acids is 1. The van der Waals surface area contributed by atoms with Crippen LogP contribution in [0.4, 0.5) is 0 Å². The van der Waals surface area contributed by atoms with E-state index in [2.05, 4.69) is 0 Å². The van der Waals surface area contributed by atoms with Crippen molar-refractivity contribution in [3.05, 3.63) is 29.3 Å². The normalized spacial score (nSPS) is 9.43. The van der Waals surface area contributed by atoms with Crippen LogP contribution in [0.25, 0.3) is 0 Å². The highest BCUT2D eigenvalue weighted by Crippen LogP contribution is 2.21. The van der Waals surface area contributed by atoms with Gasteiger partial charge in [-0.3, -0.25) is 0 Å². The Morgan fingerprint density at radius 3 is 2.86 bits per heavy atom. The standard InChI is InChI=1S/C10H9NO2S/c1-2-7-5-8(14-6-11)3-4-9(7)10(12)13/h3-5H,2H2,1H3,(H,12,13). The van der Waals surface area contributed by atoms with Crippen LogP contribution in [-0.2, 0) is 6.42 Å². The van der Waals surface area contributed by atoms with E-state index in [1.54, 1.807) is 18.2 Å². The second-order valence-electron chi connectivity index (χ2n) is 2.67. The second-order valence-corrected chi connectivity index (χ2v) is 3.53. The average molecular weight is 207 g/mol. The molecule has 0 aliphatic rings. The minimum absolute atomic E-state index is 0.315. The lowest BCUT2D eigenvalue weighted by Gasteiger charge is -2.04. The molecule has 0 bridgehead atoms. The van der Waals surface area contributed by atoms with E-state index in [0.29, 0.717) is 12.0 Å². The third-order valence-electron chi connectivity index (χ3n) is 1.85. The van der Waals surface area contributed by atoms with Gasteiger partial charge in [0.1, 0.15) is 5.40 Å². The van der Waals surface area contributed by atoms with Crippen molar-refractivity contribution in [3.63, 3.8) is 0 Å². The Morgan fingerprint density at radius 2 is 2.36 bits per heavy atom. The SMILES string of the molecule is CCc1cc(SC#N)ccc1C(=O)O. The maximum atomic E-state index is 10.8. The largest absolute Gasteiger partial charge is 0.478 e. The quantitative estimate of drug-likeness (QED) is 0.611. The highest BCUT2D eigenvalue weighted by atomic mass is 32.2. The van der Waals surface area contributed by atoms with E-state index < -0.39 is 5.97 Å². The van der Waals surface area contributed by atoms with Gasteiger partial charge >= 0.3 is 5.97 Å². The predicted molar refractivity (Wildman–Crippen MR) is 54.2 cm³/mol. The number of carboxylic acid groups (broad SMARTS) is 1. The molecule has 0 aromatic heterocycles. The third kappa shape index (κ3) is 2.27. The molecule has 1 aromatic carbocycles. The molecule has 0 spiro atoms. The summed E-state index contributed by atoms with van der Waals surface area (Å²) in [5.74, 6) is -0.921. The van der Waals surface area contributed by atoms with Crippen LogP contribution in [-0.4, -0.2) is 11.1 Å². The van der Waals surface area contributed by atoms with Gasteiger partial charge in [-0.25, -0.2) is 4.79 Å². The summed E-state index contributed by atoms with van der Waals surface area (Å²) in [6, 6.07) is 4.94. The zero-order chi connectivity index (χ0) is 10.6. The number of nitrogens with zero attached hydrogens (tertiary/aromatic N) is 1. The number of carbonyl (C=O) groups is 1. The van der Waals surface area contributed by atoms with Crippen LogP contribution >= 0.6 is 11.8 Å². The molecule has 1 aromatic rings. The van der Waals surface area contributed by atoms with Crippen LogP contribution in [0.15, 0.2) is 23.1 Å². The first-order valence-corrected chi connectivity index (χ1v) is 4.92. The van der Waals surface area contributed by atoms with E-state index in [1.807, 2.05) is 12.3 Å². The average Bonchev–Trinajstić information content (AvgIpc) is 2.17. The topological polar surface area (TPSA) is 61.1 Å². The third-order valence-corrected chi connectivity index (χ3v) is 2.43. The highest BCUT2D eigenvalue weighted by Gasteiger charge is 2.08. The summed E-state index contributed by atoms with van der Waals surface area (Å²) in [6.07, 6.45) is 0.654. The number of hydrogen-bond acceptors (Lipinski definition) is 3. The molecule has 0 radical (unpaired) electrons. The molecule has 0 heterocycles. The highest BCUT2D eigenvalue weighted by molar-refractivity contribution is 8.03. The summed E-state index contributed by atoms with van der Waals surface area (Å²) < 4.78 is 0. The van der Waals surface area contributed by atoms with Crippen molar-refractivity contribution < 1.29 is 9.90 Å². The fourth-order valence-corrected chi connectivity index (χ4v) is 1.63. The van der Waals surface area contributed by atoms with Crippen molar-refractivity contribution in [2.45, 2.75) is 18.2 Å². The monoisotopic (exact) mass is 207 g/mol. The first kappa shape index (κ1) is 10.6. The van der Waals surface area contributed by atoms with Crippen molar-refractivity contribution in [2.75, 3.05) is 0 Å². The molecule has 0 saturated carbocycles. The van der Waals surface area contributed by atoms with Crippen LogP contribution in [0, 0.1) is 10.7 Å². The lowest BCUT2D eigenvalue weighted by atomic mass is 10.1. The first-order valence-electron chi connectivity index (χ1n) is 4.11. The van der Waals surface area contributed by atoms with Crippen LogP contribution in [0.1, 0.15) is 22.8 Å². The number of nitriles is 1. The number of rotatable bonds is 3. The van der Waals surface area contributed by atoms with Crippen molar-refractivity contribution in [1.82, 2.24) is 0 Å². The van der Waals surface area contributed by atoms with Gasteiger partial charge in [-0.05, 0) is 41.9 Å². The molecule has 0 amide bonds. The molecule has 3 nitrogen and oxygen atoms in total. The van der Waals surface area contributed by atoms with Gasteiger partial charge < -0.3 is 5.11 Å². The molecular weight excluding hydrogens is 198 g/mol. The van der Waals surface area contributed by atoms with E-state index in [0.717, 1.165) is 22.2 Å². The van der Waals surface area contributed by atoms with Gasteiger partial charge in [0.2, 0.25) is 0 Å². The van der Waals surface area contributed by atoms with E-state index in [1.165, 1.54) is 0 Å². The maximum Gasteiger partial charge on any atom is 0.335 e. The van der Waals surface area contributed by atoms with E-state index >= 15 is 0 Å². The molecule has 0 aliphatic carbocycles. The lowest BCUT2D eigenvalue weighted by molar-refractivity contribution is 0.0695. The van der Waals surface area contributed by atoms with Gasteiger partial charge in [0.15, 0.2) is 0 Å². The zero-order valence-corrected chi connectivity index (χ0v) is 8.47. The number of hydrogen-bond donors (Lipinski definition) is 1. The number of thiocyanates is 1. The molecule has 0 atom stereocenters. The van der Waals surface area contributed by atoms with Crippen LogP contribution in [0.2, 0.25) is 0 Å². The Balaban J connectivity index is 3.12. The molecule has 1 rings (SSSR count). The second kappa shape index (κ2) is 4.68. The molecule has 14 heavy (non-hydrogen) atoms. The van der Waals surface area contributed by atoms with Gasteiger partial charge in [0.05, 0.1) is 5.56 Å². The molecule has 0 fully saturated rings. The minimum Gasteiger partial charge on any atom is -0.478 e. The summed E-state index contributed by atoms with van der Waals surface area (Å²) in [5, 5.41) is 19.3. The number of carboxylic acids is 1. The molecule has 1 N–H and O–H groups in total. The fraction of sp³-hybridized carbons (Fsp3) is 0.200. The van der Waals surface area contributed by atoms with Crippen molar-refractivity contribution in [1.29, 1.82) is 5.26 Å². The van der Waals surface area contributed by atoms with Gasteiger partial charge in [-0.1, -0.05) is 6.92 Å². The Labute approximate surface area is 86.4 Å². The van der Waals surface area contributed by atoms with E-state index in [9.17, 15) is 4.79 Å². The summed E-state index contributed by atoms with van der Waals surface area (Å²) in [4.78, 5) is 11.6. The zero-order valence-electron chi connectivity index (χ0n) is 7.65. The molecule has 0 aliphatic heterocycles. The fourth-order valence-electron chi connectivity index (χ4n) is 1.19. The maximum absolute atomic E-state index is 10.8. The van der Waals surface area contributed by atoms with E-state index in [4.69, 9.17) is 10.4 Å². The van der Waals surface area contributed by atoms with Crippen molar-refractivity contribution in [2.24, 2.45) is 0 Å². The summed E-state index contributed by atoms with van der Waals surface area (Å²) in [5.41, 5.74) is 1.08. The predicted octanol–water partition coefficient (Wildman–Crippen LogP) is 2.52. The summed E-state index contributed by atoms with van der Waals surface area (Å²) in [6.45, 7) is 1.89. The first-order chi connectivity index (χ1) is 6.69. The molecule has 0 unspecified atom stereocenters. The Morgan fingerprint density at radius 1 is 1.64 bits per heavy atom. The Bertz CT molecular complexity index is 396. The van der Waals surface area contributed by atoms with Crippen molar-refractivity contribution in [3.8, 4) is 5.40 Å². The number of aryl methyl sites for hydroxylation is 1. The number of thioether (sulfide) groups is 1. The molecule has 72 valence electrons. The van der Waals surface area contributed by atoms with Crippen molar-refractivity contribution >= 4 is 17.7 Å². The van der Waals surface area contributed by atoms with Gasteiger partial charge in [-0.2, -0.15) is 5.26 Å².